The molecule has 1 heterocycles. The highest BCUT2D eigenvalue weighted by Crippen LogP contribution is 2.30. The van der Waals surface area contributed by atoms with Crippen molar-refractivity contribution < 1.29 is 22.8 Å². The quantitative estimate of drug-likeness (QED) is 0.416. The van der Waals surface area contributed by atoms with Crippen LogP contribution in [0.4, 0.5) is 0 Å². The zero-order valence-electron chi connectivity index (χ0n) is 20.1. The number of benzene rings is 3. The Balaban J connectivity index is 1.70. The zero-order valence-corrected chi connectivity index (χ0v) is 22.5. The van der Waals surface area contributed by atoms with E-state index < -0.39 is 34.4 Å². The van der Waals surface area contributed by atoms with Crippen LogP contribution in [0.5, 0.6) is 0 Å². The summed E-state index contributed by atoms with van der Waals surface area (Å²) in [5.74, 6) is -1.78. The van der Waals surface area contributed by atoms with Gasteiger partial charge in [-0.15, -0.1) is 0 Å². The number of fused-ring (bicyclic) bond motifs is 1. The second-order valence-electron chi connectivity index (χ2n) is 8.56. The lowest BCUT2D eigenvalue weighted by molar-refractivity contribution is -0.141. The normalized spacial score (nSPS) is 14.6. The molecule has 8 nitrogen and oxygen atoms in total. The Morgan fingerprint density at radius 2 is 1.59 bits per heavy atom. The fourth-order valence-electron chi connectivity index (χ4n) is 4.23. The number of carbonyl (C=O) groups is 3. The number of halogens is 1. The molecule has 1 atom stereocenters. The molecule has 3 aromatic carbocycles. The van der Waals surface area contributed by atoms with E-state index in [0.717, 1.165) is 15.6 Å². The van der Waals surface area contributed by atoms with E-state index in [9.17, 15) is 22.8 Å². The number of likely N-dealkylation sites (N-methyl/N-ethyl adjacent to an activating group) is 1. The van der Waals surface area contributed by atoms with E-state index in [0.29, 0.717) is 10.8 Å². The lowest BCUT2D eigenvalue weighted by Gasteiger charge is -2.32. The summed E-state index contributed by atoms with van der Waals surface area (Å²) in [7, 11) is -4.19. The Kier molecular flexibility index (Phi) is 8.09. The van der Waals surface area contributed by atoms with Crippen LogP contribution in [-0.4, -0.2) is 54.5 Å². The van der Waals surface area contributed by atoms with Crippen LogP contribution in [0.3, 0.4) is 0 Å². The van der Waals surface area contributed by atoms with Gasteiger partial charge in [0.1, 0.15) is 17.5 Å². The van der Waals surface area contributed by atoms with Crippen molar-refractivity contribution in [3.63, 3.8) is 0 Å². The molecule has 0 saturated carbocycles. The van der Waals surface area contributed by atoms with Crippen LogP contribution < -0.4 is 5.32 Å². The van der Waals surface area contributed by atoms with Gasteiger partial charge in [0.15, 0.2) is 0 Å². The molecule has 4 rings (SSSR count). The maximum absolute atomic E-state index is 13.8. The van der Waals surface area contributed by atoms with E-state index in [1.165, 1.54) is 23.1 Å². The SMILES string of the molecule is CCNC(=O)[C@@H](Cc1ccccc1)N(Cc1ccc(Br)cc1)C(=O)CN1C(=O)c2ccccc2S1(=O)=O. The van der Waals surface area contributed by atoms with Crippen LogP contribution in [0, 0.1) is 0 Å². The van der Waals surface area contributed by atoms with E-state index in [1.807, 2.05) is 54.6 Å². The van der Waals surface area contributed by atoms with Crippen molar-refractivity contribution in [3.05, 3.63) is 100 Å². The Morgan fingerprint density at radius 1 is 0.946 bits per heavy atom. The Hall–Kier alpha value is -3.50. The maximum Gasteiger partial charge on any atom is 0.269 e. The maximum atomic E-state index is 13.8. The van der Waals surface area contributed by atoms with Gasteiger partial charge in [0.05, 0.1) is 5.56 Å². The predicted molar refractivity (Wildman–Crippen MR) is 142 cm³/mol. The van der Waals surface area contributed by atoms with Gasteiger partial charge < -0.3 is 10.2 Å². The minimum absolute atomic E-state index is 0.0271. The number of hydrogen-bond acceptors (Lipinski definition) is 5. The molecule has 0 spiro atoms. The summed E-state index contributed by atoms with van der Waals surface area (Å²) in [5, 5.41) is 2.79. The van der Waals surface area contributed by atoms with Gasteiger partial charge in [-0.05, 0) is 42.3 Å². The van der Waals surface area contributed by atoms with Gasteiger partial charge >= 0.3 is 0 Å². The molecule has 3 amide bonds. The third kappa shape index (κ3) is 5.75. The van der Waals surface area contributed by atoms with Crippen LogP contribution >= 0.6 is 15.9 Å². The predicted octanol–water partition coefficient (Wildman–Crippen LogP) is 3.37. The van der Waals surface area contributed by atoms with Crippen molar-refractivity contribution in [3.8, 4) is 0 Å². The fourth-order valence-corrected chi connectivity index (χ4v) is 6.02. The largest absolute Gasteiger partial charge is 0.355 e. The minimum atomic E-state index is -4.19. The minimum Gasteiger partial charge on any atom is -0.355 e. The van der Waals surface area contributed by atoms with Crippen LogP contribution in [0.15, 0.2) is 88.2 Å². The first kappa shape index (κ1) is 26.6. The van der Waals surface area contributed by atoms with Crippen molar-refractivity contribution in [2.45, 2.75) is 30.8 Å². The van der Waals surface area contributed by atoms with Crippen LogP contribution in [-0.2, 0) is 32.6 Å². The molecule has 1 aliphatic heterocycles. The van der Waals surface area contributed by atoms with Gasteiger partial charge in [-0.1, -0.05) is 70.5 Å². The molecular formula is C27H26BrN3O5S. The number of hydrogen-bond donors (Lipinski definition) is 1. The number of nitrogens with zero attached hydrogens (tertiary/aromatic N) is 2. The molecule has 0 saturated heterocycles. The highest BCUT2D eigenvalue weighted by atomic mass is 79.9. The van der Waals surface area contributed by atoms with E-state index in [1.54, 1.807) is 13.0 Å². The monoisotopic (exact) mass is 583 g/mol. The van der Waals surface area contributed by atoms with Crippen molar-refractivity contribution >= 4 is 43.7 Å². The molecule has 3 aromatic rings. The zero-order chi connectivity index (χ0) is 26.6. The van der Waals surface area contributed by atoms with Crippen LogP contribution in [0.1, 0.15) is 28.4 Å². The lowest BCUT2D eigenvalue weighted by Crippen LogP contribution is -2.53. The highest BCUT2D eigenvalue weighted by Gasteiger charge is 2.43. The number of sulfonamides is 1. The molecule has 0 aliphatic carbocycles. The van der Waals surface area contributed by atoms with Crippen molar-refractivity contribution in [1.29, 1.82) is 0 Å². The molecule has 0 radical (unpaired) electrons. The van der Waals surface area contributed by atoms with E-state index in [-0.39, 0.29) is 29.3 Å². The molecule has 1 N–H and O–H groups in total. The highest BCUT2D eigenvalue weighted by molar-refractivity contribution is 9.10. The van der Waals surface area contributed by atoms with Gasteiger partial charge in [-0.25, -0.2) is 12.7 Å². The average molecular weight is 584 g/mol. The van der Waals surface area contributed by atoms with Gasteiger partial charge in [0, 0.05) is 24.0 Å². The van der Waals surface area contributed by atoms with Crippen LogP contribution in [0.25, 0.3) is 0 Å². The van der Waals surface area contributed by atoms with Crippen molar-refractivity contribution in [2.24, 2.45) is 0 Å². The van der Waals surface area contributed by atoms with Gasteiger partial charge in [-0.3, -0.25) is 14.4 Å². The molecule has 10 heteroatoms. The summed E-state index contributed by atoms with van der Waals surface area (Å²) in [6, 6.07) is 21.5. The summed E-state index contributed by atoms with van der Waals surface area (Å²) >= 11 is 3.39. The first-order valence-electron chi connectivity index (χ1n) is 11.7. The topological polar surface area (TPSA) is 104 Å². The standard InChI is InChI=1S/C27H26BrN3O5S/c1-2-29-26(33)23(16-19-8-4-3-5-9-19)30(17-20-12-14-21(28)15-13-20)25(32)18-31-27(34)22-10-6-7-11-24(22)37(31,35)36/h3-15,23H,2,16-18H2,1H3,(H,29,33)/t23-/m1/s1. The third-order valence-electron chi connectivity index (χ3n) is 6.08. The third-order valence-corrected chi connectivity index (χ3v) is 8.39. The molecule has 192 valence electrons. The van der Waals surface area contributed by atoms with Gasteiger partial charge in [-0.2, -0.15) is 0 Å². The molecule has 0 bridgehead atoms. The Morgan fingerprint density at radius 3 is 2.24 bits per heavy atom. The summed E-state index contributed by atoms with van der Waals surface area (Å²) < 4.78 is 27.6. The second kappa shape index (κ2) is 11.3. The van der Waals surface area contributed by atoms with Crippen LogP contribution in [0.2, 0.25) is 0 Å². The smallest absolute Gasteiger partial charge is 0.269 e. The molecule has 37 heavy (non-hydrogen) atoms. The summed E-state index contributed by atoms with van der Waals surface area (Å²) in [6.07, 6.45) is 0.218. The van der Waals surface area contributed by atoms with Crippen molar-refractivity contribution in [1.82, 2.24) is 14.5 Å². The first-order valence-corrected chi connectivity index (χ1v) is 14.0. The Labute approximate surface area is 224 Å². The first-order chi connectivity index (χ1) is 17.7. The number of rotatable bonds is 9. The number of nitrogens with one attached hydrogen (secondary N) is 1. The summed E-state index contributed by atoms with van der Waals surface area (Å²) in [4.78, 5) is 41.2. The van der Waals surface area contributed by atoms with E-state index in [2.05, 4.69) is 21.2 Å². The number of amides is 3. The summed E-state index contributed by atoms with van der Waals surface area (Å²) in [6.45, 7) is 1.48. The van der Waals surface area contributed by atoms with E-state index in [4.69, 9.17) is 0 Å². The lowest BCUT2D eigenvalue weighted by atomic mass is 10.0. The Bertz CT molecular complexity index is 1410. The average Bonchev–Trinajstić information content (AvgIpc) is 3.08. The summed E-state index contributed by atoms with van der Waals surface area (Å²) in [5.41, 5.74) is 1.61. The van der Waals surface area contributed by atoms with E-state index >= 15 is 0 Å². The van der Waals surface area contributed by atoms with Crippen molar-refractivity contribution in [2.75, 3.05) is 13.1 Å². The van der Waals surface area contributed by atoms with Gasteiger partial charge in [0.25, 0.3) is 15.9 Å². The fraction of sp³-hybridized carbons (Fsp3) is 0.222. The number of carbonyl (C=O) groups excluding carboxylic acids is 3. The molecule has 0 aromatic heterocycles. The molecular weight excluding hydrogens is 558 g/mol. The molecule has 1 aliphatic rings. The molecule has 0 unspecified atom stereocenters. The van der Waals surface area contributed by atoms with Gasteiger partial charge in [0.2, 0.25) is 11.8 Å². The second-order valence-corrected chi connectivity index (χ2v) is 11.3. The molecule has 0 fully saturated rings.